The monoisotopic (exact) mass is 224 g/mol. The van der Waals surface area contributed by atoms with Gasteiger partial charge in [0.2, 0.25) is 0 Å². The second kappa shape index (κ2) is 4.78. The zero-order valence-electron chi connectivity index (χ0n) is 7.83. The number of hydrogen-bond acceptors (Lipinski definition) is 3. The predicted octanol–water partition coefficient (Wildman–Crippen LogP) is 0.845. The lowest BCUT2D eigenvalue weighted by Crippen LogP contribution is -2.15. The number of carbonyl (C=O) groups excluding carboxylic acids is 1. The molecule has 0 radical (unpaired) electrons. The lowest BCUT2D eigenvalue weighted by atomic mass is 10.0. The summed E-state index contributed by atoms with van der Waals surface area (Å²) in [6, 6.07) is 4.93. The number of nitrogens with two attached hydrogens (primary N) is 1. The van der Waals surface area contributed by atoms with Crippen LogP contribution < -0.4 is 5.73 Å². The first-order valence-corrected chi connectivity index (χ1v) is 4.61. The van der Waals surface area contributed by atoms with E-state index in [4.69, 9.17) is 27.7 Å². The molecule has 1 amide bonds. The maximum absolute atomic E-state index is 11.1. The maximum atomic E-state index is 11.1. The zero-order chi connectivity index (χ0) is 11.4. The van der Waals surface area contributed by atoms with Crippen molar-refractivity contribution in [3.8, 4) is 6.07 Å². The fourth-order valence-corrected chi connectivity index (χ4v) is 1.62. The number of primary amides is 1. The highest BCUT2D eigenvalue weighted by Gasteiger charge is 2.15. The van der Waals surface area contributed by atoms with Gasteiger partial charge in [-0.05, 0) is 18.1 Å². The third-order valence-electron chi connectivity index (χ3n) is 1.98. The largest absolute Gasteiger partial charge is 0.396 e. The summed E-state index contributed by atoms with van der Waals surface area (Å²) in [4.78, 5) is 11.1. The van der Waals surface area contributed by atoms with Crippen molar-refractivity contribution in [1.82, 2.24) is 0 Å². The number of amides is 1. The van der Waals surface area contributed by atoms with Crippen LogP contribution in [0.5, 0.6) is 0 Å². The Morgan fingerprint density at radius 2 is 2.27 bits per heavy atom. The molecule has 0 atom stereocenters. The van der Waals surface area contributed by atoms with Gasteiger partial charge in [-0.2, -0.15) is 5.26 Å². The Labute approximate surface area is 91.9 Å². The maximum Gasteiger partial charge on any atom is 0.250 e. The highest BCUT2D eigenvalue weighted by molar-refractivity contribution is 6.35. The molecule has 0 spiro atoms. The lowest BCUT2D eigenvalue weighted by molar-refractivity contribution is 0.0999. The second-order valence-corrected chi connectivity index (χ2v) is 3.29. The van der Waals surface area contributed by atoms with E-state index >= 15 is 0 Å². The lowest BCUT2D eigenvalue weighted by Gasteiger charge is -2.08. The van der Waals surface area contributed by atoms with Crippen LogP contribution in [-0.4, -0.2) is 17.6 Å². The molecule has 1 aromatic carbocycles. The Morgan fingerprint density at radius 3 is 2.73 bits per heavy atom. The Bertz CT molecular complexity index is 438. The van der Waals surface area contributed by atoms with E-state index in [1.165, 1.54) is 6.07 Å². The molecular weight excluding hydrogens is 216 g/mol. The molecule has 0 aliphatic heterocycles. The van der Waals surface area contributed by atoms with Crippen LogP contribution in [0.1, 0.15) is 21.5 Å². The molecule has 0 saturated heterocycles. The molecule has 0 unspecified atom stereocenters. The highest BCUT2D eigenvalue weighted by Crippen LogP contribution is 2.24. The normalized spacial score (nSPS) is 9.67. The third kappa shape index (κ3) is 2.27. The Morgan fingerprint density at radius 1 is 1.60 bits per heavy atom. The SMILES string of the molecule is N#Cc1ccc(CCO)c(C(N)=O)c1Cl. The summed E-state index contributed by atoms with van der Waals surface area (Å²) >= 11 is 5.84. The van der Waals surface area contributed by atoms with Crippen molar-refractivity contribution < 1.29 is 9.90 Å². The van der Waals surface area contributed by atoms with Gasteiger partial charge in [0.25, 0.3) is 5.91 Å². The van der Waals surface area contributed by atoms with E-state index in [-0.39, 0.29) is 29.2 Å². The van der Waals surface area contributed by atoms with E-state index in [0.29, 0.717) is 5.56 Å². The first-order chi connectivity index (χ1) is 7.11. The van der Waals surface area contributed by atoms with E-state index in [1.807, 2.05) is 6.07 Å². The smallest absolute Gasteiger partial charge is 0.250 e. The molecule has 0 heterocycles. The standard InChI is InChI=1S/C10H9ClN2O2/c11-9-7(5-12)2-1-6(3-4-14)8(9)10(13)15/h1-2,14H,3-4H2,(H2,13,15). The zero-order valence-corrected chi connectivity index (χ0v) is 8.58. The van der Waals surface area contributed by atoms with Crippen LogP contribution in [-0.2, 0) is 6.42 Å². The molecule has 0 bridgehead atoms. The molecule has 0 fully saturated rings. The Balaban J connectivity index is 3.39. The average Bonchev–Trinajstić information content (AvgIpc) is 2.18. The minimum Gasteiger partial charge on any atom is -0.396 e. The first kappa shape index (κ1) is 11.5. The average molecular weight is 225 g/mol. The van der Waals surface area contributed by atoms with E-state index < -0.39 is 5.91 Å². The van der Waals surface area contributed by atoms with E-state index in [0.717, 1.165) is 0 Å². The fourth-order valence-electron chi connectivity index (χ4n) is 1.30. The van der Waals surface area contributed by atoms with E-state index in [1.54, 1.807) is 6.07 Å². The van der Waals surface area contributed by atoms with Gasteiger partial charge in [-0.1, -0.05) is 17.7 Å². The fraction of sp³-hybridized carbons (Fsp3) is 0.200. The van der Waals surface area contributed by atoms with Gasteiger partial charge in [-0.3, -0.25) is 4.79 Å². The minimum atomic E-state index is -0.694. The topological polar surface area (TPSA) is 87.1 Å². The van der Waals surface area contributed by atoms with Crippen LogP contribution in [0, 0.1) is 11.3 Å². The number of rotatable bonds is 3. The molecule has 0 aliphatic rings. The Hall–Kier alpha value is -1.57. The minimum absolute atomic E-state index is 0.0518. The van der Waals surface area contributed by atoms with Gasteiger partial charge in [0.05, 0.1) is 16.1 Å². The highest BCUT2D eigenvalue weighted by atomic mass is 35.5. The first-order valence-electron chi connectivity index (χ1n) is 4.24. The summed E-state index contributed by atoms with van der Waals surface area (Å²) in [5, 5.41) is 17.5. The van der Waals surface area contributed by atoms with Crippen LogP contribution in [0.25, 0.3) is 0 Å². The molecule has 1 rings (SSSR count). The number of carbonyl (C=O) groups is 1. The molecule has 0 aliphatic carbocycles. The van der Waals surface area contributed by atoms with Gasteiger partial charge in [0.1, 0.15) is 6.07 Å². The number of aliphatic hydroxyl groups is 1. The van der Waals surface area contributed by atoms with Crippen LogP contribution in [0.4, 0.5) is 0 Å². The third-order valence-corrected chi connectivity index (χ3v) is 2.37. The molecule has 0 saturated carbocycles. The van der Waals surface area contributed by atoms with Crippen LogP contribution in [0.3, 0.4) is 0 Å². The molecule has 5 heteroatoms. The van der Waals surface area contributed by atoms with Gasteiger partial charge in [0, 0.05) is 6.61 Å². The summed E-state index contributed by atoms with van der Waals surface area (Å²) in [5.74, 6) is -0.694. The molecule has 4 nitrogen and oxygen atoms in total. The number of nitriles is 1. The summed E-state index contributed by atoms with van der Waals surface area (Å²) in [6.45, 7) is -0.109. The van der Waals surface area contributed by atoms with Crippen LogP contribution in [0.2, 0.25) is 5.02 Å². The predicted molar refractivity (Wildman–Crippen MR) is 55.5 cm³/mol. The van der Waals surface area contributed by atoms with Gasteiger partial charge in [-0.25, -0.2) is 0 Å². The van der Waals surface area contributed by atoms with Crippen LogP contribution >= 0.6 is 11.6 Å². The Kier molecular flexibility index (Phi) is 3.67. The number of benzene rings is 1. The molecule has 1 aromatic rings. The summed E-state index contributed by atoms with van der Waals surface area (Å²) in [6.07, 6.45) is 0.281. The molecule has 0 aromatic heterocycles. The summed E-state index contributed by atoms with van der Waals surface area (Å²) in [7, 11) is 0. The van der Waals surface area contributed by atoms with Crippen molar-refractivity contribution >= 4 is 17.5 Å². The van der Waals surface area contributed by atoms with Crippen molar-refractivity contribution in [2.75, 3.05) is 6.61 Å². The van der Waals surface area contributed by atoms with Crippen molar-refractivity contribution in [1.29, 1.82) is 5.26 Å². The van der Waals surface area contributed by atoms with Gasteiger partial charge in [0.15, 0.2) is 0 Å². The van der Waals surface area contributed by atoms with E-state index in [2.05, 4.69) is 0 Å². The second-order valence-electron chi connectivity index (χ2n) is 2.91. The summed E-state index contributed by atoms with van der Waals surface area (Å²) in [5.41, 5.74) is 6.02. The number of halogens is 1. The number of hydrogen-bond donors (Lipinski definition) is 2. The van der Waals surface area contributed by atoms with Gasteiger partial charge >= 0.3 is 0 Å². The molecule has 78 valence electrons. The number of aliphatic hydroxyl groups excluding tert-OH is 1. The van der Waals surface area contributed by atoms with Gasteiger partial charge in [-0.15, -0.1) is 0 Å². The van der Waals surface area contributed by atoms with Crippen LogP contribution in [0.15, 0.2) is 12.1 Å². The summed E-state index contributed by atoms with van der Waals surface area (Å²) < 4.78 is 0. The molecule has 3 N–H and O–H groups in total. The van der Waals surface area contributed by atoms with Gasteiger partial charge < -0.3 is 10.8 Å². The number of nitrogens with zero attached hydrogens (tertiary/aromatic N) is 1. The van der Waals surface area contributed by atoms with Crippen molar-refractivity contribution in [3.05, 3.63) is 33.8 Å². The van der Waals surface area contributed by atoms with Crippen molar-refractivity contribution in [2.45, 2.75) is 6.42 Å². The van der Waals surface area contributed by atoms with Crippen molar-refractivity contribution in [3.63, 3.8) is 0 Å². The quantitative estimate of drug-likeness (QED) is 0.798. The molecular formula is C10H9ClN2O2. The molecule has 15 heavy (non-hydrogen) atoms. The van der Waals surface area contributed by atoms with E-state index in [9.17, 15) is 4.79 Å². The van der Waals surface area contributed by atoms with Crippen molar-refractivity contribution in [2.24, 2.45) is 5.73 Å².